The molecule has 2 heterocycles. The maximum Gasteiger partial charge on any atom is 0.216 e. The molecule has 0 aliphatic carbocycles. The smallest absolute Gasteiger partial charge is 0.216 e. The lowest BCUT2D eigenvalue weighted by molar-refractivity contribution is 0.378. The third-order valence-corrected chi connectivity index (χ3v) is 6.79. The second kappa shape index (κ2) is 5.62. The number of fused-ring (bicyclic) bond motifs is 1. The zero-order valence-electron chi connectivity index (χ0n) is 12.0. The minimum absolute atomic E-state index is 0.138. The Bertz CT molecular complexity index is 642. The predicted molar refractivity (Wildman–Crippen MR) is 86.5 cm³/mol. The van der Waals surface area contributed by atoms with Crippen molar-refractivity contribution < 1.29 is 8.42 Å². The van der Waals surface area contributed by atoms with Gasteiger partial charge < -0.3 is 5.32 Å². The summed E-state index contributed by atoms with van der Waals surface area (Å²) in [6.07, 6.45) is 0.774. The van der Waals surface area contributed by atoms with Gasteiger partial charge in [0.2, 0.25) is 10.0 Å². The van der Waals surface area contributed by atoms with Crippen LogP contribution in [0.2, 0.25) is 0 Å². The van der Waals surface area contributed by atoms with E-state index in [2.05, 4.69) is 32.6 Å². The number of halogens is 1. The summed E-state index contributed by atoms with van der Waals surface area (Å²) < 4.78 is 28.0. The Morgan fingerprint density at radius 2 is 2.19 bits per heavy atom. The standard InChI is InChI=1S/C14H20BrN3O2S/c1-14(8-16-10-17-14)9-21(19,20)18-5-4-11-6-13(15)3-2-12(11)7-18/h2-3,6,16-17H,4-5,7-10H2,1H3/t14-/m0/s1. The Labute approximate surface area is 134 Å². The van der Waals surface area contributed by atoms with Crippen molar-refractivity contribution in [3.63, 3.8) is 0 Å². The van der Waals surface area contributed by atoms with Crippen molar-refractivity contribution in [3.05, 3.63) is 33.8 Å². The number of nitrogens with zero attached hydrogens (tertiary/aromatic N) is 1. The molecular weight excluding hydrogens is 354 g/mol. The van der Waals surface area contributed by atoms with Crippen molar-refractivity contribution in [1.29, 1.82) is 0 Å². The SMILES string of the molecule is C[C@@]1(CS(=O)(=O)N2CCc3cc(Br)ccc3C2)CNCN1. The lowest BCUT2D eigenvalue weighted by Crippen LogP contribution is -2.50. The maximum absolute atomic E-state index is 12.7. The highest BCUT2D eigenvalue weighted by Crippen LogP contribution is 2.25. The molecule has 1 saturated heterocycles. The molecule has 0 radical (unpaired) electrons. The van der Waals surface area contributed by atoms with Gasteiger partial charge in [0.05, 0.1) is 5.75 Å². The van der Waals surface area contributed by atoms with Gasteiger partial charge in [-0.1, -0.05) is 22.0 Å². The van der Waals surface area contributed by atoms with Crippen LogP contribution in [0.25, 0.3) is 0 Å². The van der Waals surface area contributed by atoms with E-state index in [1.54, 1.807) is 4.31 Å². The molecule has 5 nitrogen and oxygen atoms in total. The van der Waals surface area contributed by atoms with Crippen molar-refractivity contribution in [2.45, 2.75) is 25.4 Å². The molecule has 0 unspecified atom stereocenters. The molecule has 0 saturated carbocycles. The first-order valence-corrected chi connectivity index (χ1v) is 9.49. The van der Waals surface area contributed by atoms with Gasteiger partial charge >= 0.3 is 0 Å². The van der Waals surface area contributed by atoms with Crippen molar-refractivity contribution in [2.24, 2.45) is 0 Å². The molecule has 0 spiro atoms. The van der Waals surface area contributed by atoms with Gasteiger partial charge in [0.1, 0.15) is 0 Å². The first-order chi connectivity index (χ1) is 9.88. The predicted octanol–water partition coefficient (Wildman–Crippen LogP) is 1.05. The van der Waals surface area contributed by atoms with Crippen LogP contribution >= 0.6 is 15.9 Å². The second-order valence-electron chi connectivity index (χ2n) is 6.09. The molecule has 7 heteroatoms. The van der Waals surface area contributed by atoms with Crippen LogP contribution in [0.15, 0.2) is 22.7 Å². The monoisotopic (exact) mass is 373 g/mol. The van der Waals surface area contributed by atoms with Crippen LogP contribution in [-0.2, 0) is 23.0 Å². The summed E-state index contributed by atoms with van der Waals surface area (Å²) in [5.41, 5.74) is 1.97. The summed E-state index contributed by atoms with van der Waals surface area (Å²) in [6, 6.07) is 6.07. The Kier molecular flexibility index (Phi) is 4.13. The van der Waals surface area contributed by atoms with E-state index in [-0.39, 0.29) is 11.3 Å². The van der Waals surface area contributed by atoms with Gasteiger partial charge in [-0.3, -0.25) is 5.32 Å². The number of benzene rings is 1. The van der Waals surface area contributed by atoms with E-state index in [1.807, 2.05) is 19.1 Å². The third kappa shape index (κ3) is 3.32. The summed E-state index contributed by atoms with van der Waals surface area (Å²) in [5.74, 6) is 0.138. The highest BCUT2D eigenvalue weighted by Gasteiger charge is 2.37. The Morgan fingerprint density at radius 1 is 1.38 bits per heavy atom. The lowest BCUT2D eigenvalue weighted by Gasteiger charge is -2.32. The van der Waals surface area contributed by atoms with Crippen LogP contribution in [0.1, 0.15) is 18.1 Å². The van der Waals surface area contributed by atoms with Gasteiger partial charge in [-0.05, 0) is 36.6 Å². The summed E-state index contributed by atoms with van der Waals surface area (Å²) in [6.45, 7) is 4.36. The minimum atomic E-state index is -3.26. The van der Waals surface area contributed by atoms with Crippen LogP contribution < -0.4 is 10.6 Å². The van der Waals surface area contributed by atoms with Gasteiger partial charge in [0.15, 0.2) is 0 Å². The molecule has 2 aliphatic heterocycles. The quantitative estimate of drug-likeness (QED) is 0.830. The minimum Gasteiger partial charge on any atom is -0.303 e. The van der Waals surface area contributed by atoms with E-state index in [9.17, 15) is 8.42 Å². The zero-order valence-corrected chi connectivity index (χ0v) is 14.4. The number of sulfonamides is 1. The summed E-state index contributed by atoms with van der Waals surface area (Å²) in [7, 11) is -3.26. The fourth-order valence-electron chi connectivity index (χ4n) is 3.01. The van der Waals surface area contributed by atoms with E-state index in [0.717, 1.165) is 16.5 Å². The van der Waals surface area contributed by atoms with Crippen LogP contribution in [0, 0.1) is 0 Å². The molecule has 1 fully saturated rings. The average molecular weight is 374 g/mol. The topological polar surface area (TPSA) is 61.4 Å². The van der Waals surface area contributed by atoms with Crippen LogP contribution in [0.4, 0.5) is 0 Å². The van der Waals surface area contributed by atoms with Gasteiger partial charge in [-0.15, -0.1) is 0 Å². The summed E-state index contributed by atoms with van der Waals surface area (Å²) >= 11 is 3.46. The van der Waals surface area contributed by atoms with Crippen LogP contribution in [0.3, 0.4) is 0 Å². The molecule has 116 valence electrons. The first-order valence-electron chi connectivity index (χ1n) is 7.09. The second-order valence-corrected chi connectivity index (χ2v) is 8.98. The maximum atomic E-state index is 12.7. The van der Waals surface area contributed by atoms with Crippen LogP contribution in [0.5, 0.6) is 0 Å². The van der Waals surface area contributed by atoms with E-state index in [1.165, 1.54) is 5.56 Å². The molecule has 2 N–H and O–H groups in total. The number of hydrogen-bond acceptors (Lipinski definition) is 4. The van der Waals surface area contributed by atoms with Gasteiger partial charge in [0.25, 0.3) is 0 Å². The molecule has 0 amide bonds. The number of rotatable bonds is 3. The number of hydrogen-bond donors (Lipinski definition) is 2. The van der Waals surface area contributed by atoms with Gasteiger partial charge in [0, 0.05) is 36.3 Å². The van der Waals surface area contributed by atoms with Crippen molar-refractivity contribution in [1.82, 2.24) is 14.9 Å². The number of nitrogens with one attached hydrogen (secondary N) is 2. The summed E-state index contributed by atoms with van der Waals surface area (Å²) in [4.78, 5) is 0. The highest BCUT2D eigenvalue weighted by atomic mass is 79.9. The van der Waals surface area contributed by atoms with E-state index < -0.39 is 10.0 Å². The molecule has 0 bridgehead atoms. The van der Waals surface area contributed by atoms with Crippen LogP contribution in [-0.4, -0.2) is 43.8 Å². The van der Waals surface area contributed by atoms with Gasteiger partial charge in [-0.25, -0.2) is 8.42 Å². The molecule has 1 atom stereocenters. The van der Waals surface area contributed by atoms with E-state index >= 15 is 0 Å². The molecular formula is C14H20BrN3O2S. The van der Waals surface area contributed by atoms with Crippen molar-refractivity contribution in [2.75, 3.05) is 25.5 Å². The summed E-state index contributed by atoms with van der Waals surface area (Å²) in [5, 5.41) is 6.39. The fraction of sp³-hybridized carbons (Fsp3) is 0.571. The van der Waals surface area contributed by atoms with E-state index in [0.29, 0.717) is 26.3 Å². The Balaban J connectivity index is 1.77. The molecule has 1 aromatic rings. The van der Waals surface area contributed by atoms with Crippen molar-refractivity contribution >= 4 is 26.0 Å². The average Bonchev–Trinajstić information content (AvgIpc) is 2.83. The third-order valence-electron chi connectivity index (χ3n) is 4.20. The molecule has 3 rings (SSSR count). The zero-order chi connectivity index (χ0) is 15.1. The van der Waals surface area contributed by atoms with Crippen molar-refractivity contribution in [3.8, 4) is 0 Å². The first kappa shape index (κ1) is 15.4. The Hall–Kier alpha value is -0.470. The highest BCUT2D eigenvalue weighted by molar-refractivity contribution is 9.10. The lowest BCUT2D eigenvalue weighted by atomic mass is 10.0. The Morgan fingerprint density at radius 3 is 2.90 bits per heavy atom. The largest absolute Gasteiger partial charge is 0.303 e. The molecule has 2 aliphatic rings. The van der Waals surface area contributed by atoms with Gasteiger partial charge in [-0.2, -0.15) is 4.31 Å². The normalized spacial score (nSPS) is 26.8. The molecule has 21 heavy (non-hydrogen) atoms. The molecule has 0 aromatic heterocycles. The van der Waals surface area contributed by atoms with E-state index in [4.69, 9.17) is 0 Å². The molecule has 1 aromatic carbocycles. The fourth-order valence-corrected chi connectivity index (χ4v) is 5.31.